The molecule has 1 aliphatic rings. The van der Waals surface area contributed by atoms with Gasteiger partial charge in [0, 0.05) is 6.54 Å². The minimum atomic E-state index is -1.00. The number of amides is 1. The predicted molar refractivity (Wildman–Crippen MR) is 64.8 cm³/mol. The number of rotatable bonds is 4. The smallest absolute Gasteiger partial charge is 0.326 e. The van der Waals surface area contributed by atoms with Gasteiger partial charge in [-0.3, -0.25) is 9.59 Å². The molecule has 1 aliphatic heterocycles. The molecule has 0 aromatic heterocycles. The summed E-state index contributed by atoms with van der Waals surface area (Å²) in [5.74, 6) is -2.40. The molecule has 1 rings (SSSR count). The predicted octanol–water partition coefficient (Wildman–Crippen LogP) is 0.657. The van der Waals surface area contributed by atoms with E-state index in [1.807, 2.05) is 0 Å². The average molecular weight is 257 g/mol. The van der Waals surface area contributed by atoms with E-state index in [-0.39, 0.29) is 16.6 Å². The molecule has 1 amide bonds. The van der Waals surface area contributed by atoms with Crippen LogP contribution in [-0.2, 0) is 14.4 Å². The second-order valence-corrected chi connectivity index (χ2v) is 4.61. The summed E-state index contributed by atoms with van der Waals surface area (Å²) in [7, 11) is 0. The first-order chi connectivity index (χ1) is 7.86. The van der Waals surface area contributed by atoms with Gasteiger partial charge < -0.3 is 10.0 Å². The summed E-state index contributed by atoms with van der Waals surface area (Å²) in [6, 6.07) is -0.778. The first-order valence-electron chi connectivity index (χ1n) is 5.44. The first kappa shape index (κ1) is 13.8. The topological polar surface area (TPSA) is 74.7 Å². The highest BCUT2D eigenvalue weighted by atomic mass is 32.1. The number of hydrogen-bond acceptors (Lipinski definition) is 4. The molecule has 1 fully saturated rings. The zero-order valence-corrected chi connectivity index (χ0v) is 10.6. The molecule has 2 atom stereocenters. The molecule has 0 aromatic rings. The molecule has 94 valence electrons. The van der Waals surface area contributed by atoms with Crippen LogP contribution < -0.4 is 0 Å². The van der Waals surface area contributed by atoms with E-state index in [9.17, 15) is 14.4 Å². The van der Waals surface area contributed by atoms with Gasteiger partial charge in [-0.1, -0.05) is 12.2 Å². The minimum Gasteiger partial charge on any atom is -0.480 e. The fourth-order valence-corrected chi connectivity index (χ4v) is 2.05. The maximum absolute atomic E-state index is 12.0. The van der Waals surface area contributed by atoms with Crippen molar-refractivity contribution in [3.05, 3.63) is 0 Å². The molecule has 1 heterocycles. The van der Waals surface area contributed by atoms with E-state index >= 15 is 0 Å². The van der Waals surface area contributed by atoms with Crippen LogP contribution in [0.1, 0.15) is 26.7 Å². The van der Waals surface area contributed by atoms with Crippen LogP contribution in [0.2, 0.25) is 0 Å². The molecule has 0 saturated carbocycles. The van der Waals surface area contributed by atoms with Crippen LogP contribution in [0.3, 0.4) is 0 Å². The summed E-state index contributed by atoms with van der Waals surface area (Å²) in [6.07, 6.45) is 1.13. The van der Waals surface area contributed by atoms with E-state index in [0.29, 0.717) is 19.4 Å². The Labute approximate surface area is 105 Å². The van der Waals surface area contributed by atoms with Crippen LogP contribution in [0.4, 0.5) is 0 Å². The molecule has 1 unspecified atom stereocenters. The fourth-order valence-electron chi connectivity index (χ4n) is 1.95. The standard InChI is InChI=1S/C11H15NO4S/c1-6(9(17)7(2)13)10(14)12-5-3-4-8(12)11(15)16/h6,8H,3-5H2,1-2H3,(H,15,16)/t6?,8-/m0/s1. The zero-order valence-electron chi connectivity index (χ0n) is 9.80. The first-order valence-corrected chi connectivity index (χ1v) is 5.85. The molecule has 0 spiro atoms. The highest BCUT2D eigenvalue weighted by molar-refractivity contribution is 7.82. The SMILES string of the molecule is CC(=O)C(=S)C(C)C(=O)N1CCC[C@H]1C(=O)O. The van der Waals surface area contributed by atoms with Crippen LogP contribution in [0.15, 0.2) is 0 Å². The summed E-state index contributed by atoms with van der Waals surface area (Å²) in [5.41, 5.74) is 0. The third-order valence-corrected chi connectivity index (χ3v) is 3.57. The molecule has 0 bridgehead atoms. The molecule has 0 aliphatic carbocycles. The summed E-state index contributed by atoms with van der Waals surface area (Å²) in [5, 5.41) is 8.97. The van der Waals surface area contributed by atoms with E-state index in [1.54, 1.807) is 6.92 Å². The Morgan fingerprint density at radius 1 is 1.41 bits per heavy atom. The molecule has 1 saturated heterocycles. The highest BCUT2D eigenvalue weighted by Crippen LogP contribution is 2.20. The Balaban J connectivity index is 2.79. The molecule has 6 heteroatoms. The third-order valence-electron chi connectivity index (χ3n) is 2.93. The third kappa shape index (κ3) is 2.88. The van der Waals surface area contributed by atoms with Gasteiger partial charge in [0.25, 0.3) is 0 Å². The molecular weight excluding hydrogens is 242 g/mol. The van der Waals surface area contributed by atoms with Crippen molar-refractivity contribution in [2.75, 3.05) is 6.54 Å². The highest BCUT2D eigenvalue weighted by Gasteiger charge is 2.37. The van der Waals surface area contributed by atoms with Crippen LogP contribution >= 0.6 is 12.2 Å². The van der Waals surface area contributed by atoms with E-state index in [1.165, 1.54) is 11.8 Å². The lowest BCUT2D eigenvalue weighted by Crippen LogP contribution is -2.45. The maximum atomic E-state index is 12.0. The van der Waals surface area contributed by atoms with Crippen molar-refractivity contribution in [3.63, 3.8) is 0 Å². The number of hydrogen-bond donors (Lipinski definition) is 1. The van der Waals surface area contributed by atoms with Crippen molar-refractivity contribution in [2.45, 2.75) is 32.7 Å². The summed E-state index contributed by atoms with van der Waals surface area (Å²) < 4.78 is 0. The number of ketones is 1. The van der Waals surface area contributed by atoms with Gasteiger partial charge in [0.1, 0.15) is 6.04 Å². The van der Waals surface area contributed by atoms with Crippen molar-refractivity contribution in [2.24, 2.45) is 5.92 Å². The van der Waals surface area contributed by atoms with Gasteiger partial charge >= 0.3 is 5.97 Å². The normalized spacial score (nSPS) is 21.1. The Hall–Kier alpha value is -1.30. The number of carboxylic acids is 1. The molecular formula is C11H15NO4S. The van der Waals surface area contributed by atoms with Crippen LogP contribution in [0.25, 0.3) is 0 Å². The lowest BCUT2D eigenvalue weighted by molar-refractivity contribution is -0.148. The minimum absolute atomic E-state index is 0.0611. The molecule has 5 nitrogen and oxygen atoms in total. The average Bonchev–Trinajstić information content (AvgIpc) is 2.74. The van der Waals surface area contributed by atoms with Gasteiger partial charge in [-0.05, 0) is 26.7 Å². The summed E-state index contributed by atoms with van der Waals surface area (Å²) in [6.45, 7) is 3.27. The lowest BCUT2D eigenvalue weighted by atomic mass is 10.0. The number of carbonyl (C=O) groups is 3. The molecule has 0 aromatic carbocycles. The van der Waals surface area contributed by atoms with Crippen molar-refractivity contribution >= 4 is 34.7 Å². The van der Waals surface area contributed by atoms with Crippen LogP contribution in [0.5, 0.6) is 0 Å². The van der Waals surface area contributed by atoms with Crippen LogP contribution in [-0.4, -0.2) is 45.1 Å². The maximum Gasteiger partial charge on any atom is 0.326 e. The molecule has 0 radical (unpaired) electrons. The monoisotopic (exact) mass is 257 g/mol. The Bertz CT molecular complexity index is 380. The van der Waals surface area contributed by atoms with E-state index in [2.05, 4.69) is 0 Å². The summed E-state index contributed by atoms with van der Waals surface area (Å²) in [4.78, 5) is 35.4. The summed E-state index contributed by atoms with van der Waals surface area (Å²) >= 11 is 4.87. The van der Waals surface area contributed by atoms with Crippen LogP contribution in [0, 0.1) is 5.92 Å². The number of thiocarbonyl (C=S) groups is 1. The van der Waals surface area contributed by atoms with Gasteiger partial charge in [0.05, 0.1) is 10.8 Å². The van der Waals surface area contributed by atoms with Gasteiger partial charge in [0.15, 0.2) is 5.78 Å². The lowest BCUT2D eigenvalue weighted by Gasteiger charge is -2.24. The quantitative estimate of drug-likeness (QED) is 0.749. The van der Waals surface area contributed by atoms with Crippen molar-refractivity contribution in [1.29, 1.82) is 0 Å². The van der Waals surface area contributed by atoms with Crippen molar-refractivity contribution in [1.82, 2.24) is 4.90 Å². The number of aliphatic carboxylic acids is 1. The largest absolute Gasteiger partial charge is 0.480 e. The number of Topliss-reactive ketones (excluding diaryl/α,β-unsaturated/α-hetero) is 1. The second-order valence-electron chi connectivity index (χ2n) is 4.17. The number of nitrogens with zero attached hydrogens (tertiary/aromatic N) is 1. The van der Waals surface area contributed by atoms with Crippen molar-refractivity contribution < 1.29 is 19.5 Å². The van der Waals surface area contributed by atoms with E-state index in [0.717, 1.165) is 0 Å². The second kappa shape index (κ2) is 5.35. The Kier molecular flexibility index (Phi) is 4.34. The van der Waals surface area contributed by atoms with Gasteiger partial charge in [-0.25, -0.2) is 4.79 Å². The molecule has 1 N–H and O–H groups in total. The Morgan fingerprint density at radius 2 is 2.00 bits per heavy atom. The van der Waals surface area contributed by atoms with E-state index < -0.39 is 17.9 Å². The van der Waals surface area contributed by atoms with Gasteiger partial charge in [-0.2, -0.15) is 0 Å². The molecule has 17 heavy (non-hydrogen) atoms. The number of carboxylic acid groups (broad SMARTS) is 1. The van der Waals surface area contributed by atoms with Gasteiger partial charge in [0.2, 0.25) is 5.91 Å². The van der Waals surface area contributed by atoms with E-state index in [4.69, 9.17) is 17.3 Å². The van der Waals surface area contributed by atoms with Gasteiger partial charge in [-0.15, -0.1) is 0 Å². The Morgan fingerprint density at radius 3 is 2.47 bits per heavy atom. The number of likely N-dealkylation sites (tertiary alicyclic amines) is 1. The number of carbonyl (C=O) groups excluding carboxylic acids is 2. The van der Waals surface area contributed by atoms with Crippen molar-refractivity contribution in [3.8, 4) is 0 Å². The fraction of sp³-hybridized carbons (Fsp3) is 0.636. The zero-order chi connectivity index (χ0) is 13.2.